The number of anilines is 1. The molecule has 0 spiro atoms. The Morgan fingerprint density at radius 3 is 2.38 bits per heavy atom. The van der Waals surface area contributed by atoms with E-state index in [1.54, 1.807) is 37.3 Å². The number of ether oxygens (including phenoxy) is 1. The summed E-state index contributed by atoms with van der Waals surface area (Å²) in [5, 5.41) is 13.0. The van der Waals surface area contributed by atoms with Gasteiger partial charge in [0.05, 0.1) is 10.0 Å². The number of halogens is 4. The first kappa shape index (κ1) is 23.6. The van der Waals surface area contributed by atoms with E-state index in [9.17, 15) is 14.4 Å². The first-order valence-corrected chi connectivity index (χ1v) is 10.5. The maximum absolute atomic E-state index is 13.0. The van der Waals surface area contributed by atoms with Crippen LogP contribution in [0.1, 0.15) is 16.7 Å². The molecule has 0 saturated heterocycles. The van der Waals surface area contributed by atoms with E-state index in [-0.39, 0.29) is 33.8 Å². The normalized spacial score (nSPS) is 11.1. The topological polar surface area (TPSA) is 62.1 Å². The van der Waals surface area contributed by atoms with Gasteiger partial charge < -0.3 is 10.1 Å². The van der Waals surface area contributed by atoms with Gasteiger partial charge in [-0.05, 0) is 66.1 Å². The molecular weight excluding hydrogens is 474 g/mol. The fourth-order valence-electron chi connectivity index (χ4n) is 2.78. The van der Waals surface area contributed by atoms with Gasteiger partial charge in [-0.15, -0.1) is 0 Å². The molecular formula is C24H16Cl3FN2O2. The smallest absolute Gasteiger partial charge is 0.266 e. The lowest BCUT2D eigenvalue weighted by Gasteiger charge is -2.12. The Balaban J connectivity index is 1.78. The molecule has 162 valence electrons. The third-order valence-corrected chi connectivity index (χ3v) is 5.48. The zero-order valence-electron chi connectivity index (χ0n) is 16.8. The van der Waals surface area contributed by atoms with Gasteiger partial charge >= 0.3 is 0 Å². The monoisotopic (exact) mass is 488 g/mol. The third kappa shape index (κ3) is 5.80. The molecule has 1 N–H and O–H groups in total. The maximum atomic E-state index is 13.0. The lowest BCUT2D eigenvalue weighted by Crippen LogP contribution is -2.14. The second-order valence-corrected chi connectivity index (χ2v) is 7.99. The van der Waals surface area contributed by atoms with E-state index in [4.69, 9.17) is 39.5 Å². The minimum atomic E-state index is -0.596. The number of amides is 1. The van der Waals surface area contributed by atoms with Crippen molar-refractivity contribution in [1.82, 2.24) is 0 Å². The number of hydrogen-bond acceptors (Lipinski definition) is 3. The quantitative estimate of drug-likeness (QED) is 0.294. The summed E-state index contributed by atoms with van der Waals surface area (Å²) in [7, 11) is 0. The molecule has 0 saturated carbocycles. The van der Waals surface area contributed by atoms with Crippen LogP contribution >= 0.6 is 34.8 Å². The number of hydrogen-bond donors (Lipinski definition) is 1. The van der Waals surface area contributed by atoms with Crippen LogP contribution in [0.4, 0.5) is 10.1 Å². The van der Waals surface area contributed by atoms with E-state index >= 15 is 0 Å². The minimum Gasteiger partial charge on any atom is -0.486 e. The fourth-order valence-corrected chi connectivity index (χ4v) is 3.57. The average Bonchev–Trinajstić information content (AvgIpc) is 2.76. The first-order valence-electron chi connectivity index (χ1n) is 9.33. The summed E-state index contributed by atoms with van der Waals surface area (Å²) in [5.74, 6) is -0.696. The average molecular weight is 490 g/mol. The number of carbonyl (C=O) groups excluding carboxylic acids is 1. The molecule has 3 rings (SSSR count). The maximum Gasteiger partial charge on any atom is 0.266 e. The summed E-state index contributed by atoms with van der Waals surface area (Å²) < 4.78 is 18.7. The highest BCUT2D eigenvalue weighted by Crippen LogP contribution is 2.35. The standard InChI is InChI=1S/C24H16Cl3FN2O2/c1-14-19(25)3-2-4-22(14)30-24(31)17(12-29)9-16-10-20(26)23(21(27)11-16)32-13-15-5-7-18(28)8-6-15/h2-11H,13H2,1H3,(H,30,31)/b17-9-. The van der Waals surface area contributed by atoms with E-state index in [0.717, 1.165) is 5.56 Å². The van der Waals surface area contributed by atoms with Crippen molar-refractivity contribution in [3.8, 4) is 11.8 Å². The Bertz CT molecular complexity index is 1210. The summed E-state index contributed by atoms with van der Waals surface area (Å²) in [5.41, 5.74) is 2.24. The second kappa shape index (κ2) is 10.5. The summed E-state index contributed by atoms with van der Waals surface area (Å²) in [6.07, 6.45) is 1.37. The molecule has 32 heavy (non-hydrogen) atoms. The number of nitrogens with one attached hydrogen (secondary N) is 1. The SMILES string of the molecule is Cc1c(Cl)cccc1NC(=O)/C(C#N)=C\c1cc(Cl)c(OCc2ccc(F)cc2)c(Cl)c1. The van der Waals surface area contributed by atoms with Crippen LogP contribution in [0.2, 0.25) is 15.1 Å². The Hall–Kier alpha value is -3.04. The van der Waals surface area contributed by atoms with Crippen LogP contribution in [0.3, 0.4) is 0 Å². The first-order chi connectivity index (χ1) is 15.3. The van der Waals surface area contributed by atoms with Gasteiger partial charge in [-0.25, -0.2) is 4.39 Å². The largest absolute Gasteiger partial charge is 0.486 e. The molecule has 4 nitrogen and oxygen atoms in total. The zero-order valence-corrected chi connectivity index (χ0v) is 19.0. The molecule has 0 radical (unpaired) electrons. The van der Waals surface area contributed by atoms with Crippen LogP contribution in [-0.4, -0.2) is 5.91 Å². The Morgan fingerprint density at radius 2 is 1.75 bits per heavy atom. The number of carbonyl (C=O) groups is 1. The number of nitrogens with zero attached hydrogens (tertiary/aromatic N) is 1. The number of benzene rings is 3. The van der Waals surface area contributed by atoms with Crippen LogP contribution in [0, 0.1) is 24.1 Å². The summed E-state index contributed by atoms with van der Waals surface area (Å²) >= 11 is 18.7. The molecule has 0 aromatic heterocycles. The van der Waals surface area contributed by atoms with Gasteiger partial charge in [0.15, 0.2) is 5.75 Å². The molecule has 0 bridgehead atoms. The van der Waals surface area contributed by atoms with Crippen molar-refractivity contribution in [3.63, 3.8) is 0 Å². The highest BCUT2D eigenvalue weighted by atomic mass is 35.5. The Kier molecular flexibility index (Phi) is 7.76. The molecule has 0 fully saturated rings. The molecule has 8 heteroatoms. The zero-order chi connectivity index (χ0) is 23.3. The van der Waals surface area contributed by atoms with Crippen molar-refractivity contribution in [1.29, 1.82) is 5.26 Å². The van der Waals surface area contributed by atoms with Crippen LogP contribution in [0.5, 0.6) is 5.75 Å². The minimum absolute atomic E-state index is 0.139. The van der Waals surface area contributed by atoms with Gasteiger partial charge in [-0.1, -0.05) is 53.0 Å². The van der Waals surface area contributed by atoms with Crippen LogP contribution in [0.25, 0.3) is 6.08 Å². The number of nitriles is 1. The van der Waals surface area contributed by atoms with Gasteiger partial charge in [0.2, 0.25) is 0 Å². The van der Waals surface area contributed by atoms with Gasteiger partial charge in [-0.3, -0.25) is 4.79 Å². The fraction of sp³-hybridized carbons (Fsp3) is 0.0833. The van der Waals surface area contributed by atoms with E-state index < -0.39 is 5.91 Å². The van der Waals surface area contributed by atoms with Crippen molar-refractivity contribution in [2.45, 2.75) is 13.5 Å². The van der Waals surface area contributed by atoms with E-state index in [0.29, 0.717) is 21.8 Å². The molecule has 1 amide bonds. The van der Waals surface area contributed by atoms with Crippen molar-refractivity contribution in [2.24, 2.45) is 0 Å². The molecule has 3 aromatic carbocycles. The molecule has 3 aromatic rings. The Labute approximate surface area is 199 Å². The molecule has 0 heterocycles. The second-order valence-electron chi connectivity index (χ2n) is 6.77. The third-order valence-electron chi connectivity index (χ3n) is 4.51. The van der Waals surface area contributed by atoms with Gasteiger partial charge in [0.1, 0.15) is 24.1 Å². The molecule has 0 atom stereocenters. The van der Waals surface area contributed by atoms with Crippen LogP contribution in [-0.2, 0) is 11.4 Å². The lowest BCUT2D eigenvalue weighted by molar-refractivity contribution is -0.112. The highest BCUT2D eigenvalue weighted by molar-refractivity contribution is 6.37. The van der Waals surface area contributed by atoms with E-state index in [2.05, 4.69) is 5.32 Å². The highest BCUT2D eigenvalue weighted by Gasteiger charge is 2.14. The van der Waals surface area contributed by atoms with Crippen molar-refractivity contribution >= 4 is 52.5 Å². The molecule has 0 unspecified atom stereocenters. The summed E-state index contributed by atoms with van der Waals surface area (Å²) in [6.45, 7) is 1.90. The molecule has 0 aliphatic rings. The van der Waals surface area contributed by atoms with E-state index in [1.807, 2.05) is 6.07 Å². The van der Waals surface area contributed by atoms with Gasteiger partial charge in [-0.2, -0.15) is 5.26 Å². The van der Waals surface area contributed by atoms with Gasteiger partial charge in [0, 0.05) is 10.7 Å². The molecule has 0 aliphatic heterocycles. The molecule has 0 aliphatic carbocycles. The van der Waals surface area contributed by atoms with Crippen LogP contribution < -0.4 is 10.1 Å². The van der Waals surface area contributed by atoms with Crippen LogP contribution in [0.15, 0.2) is 60.2 Å². The predicted molar refractivity (Wildman–Crippen MR) is 126 cm³/mol. The number of rotatable bonds is 6. The summed E-state index contributed by atoms with van der Waals surface area (Å²) in [4.78, 5) is 12.6. The van der Waals surface area contributed by atoms with Crippen molar-refractivity contribution < 1.29 is 13.9 Å². The lowest BCUT2D eigenvalue weighted by atomic mass is 10.1. The Morgan fingerprint density at radius 1 is 1.09 bits per heavy atom. The van der Waals surface area contributed by atoms with Crippen molar-refractivity contribution in [2.75, 3.05) is 5.32 Å². The van der Waals surface area contributed by atoms with Gasteiger partial charge in [0.25, 0.3) is 5.91 Å². The van der Waals surface area contributed by atoms with Crippen molar-refractivity contribution in [3.05, 3.63) is 97.7 Å². The van der Waals surface area contributed by atoms with E-state index in [1.165, 1.54) is 30.3 Å². The predicted octanol–water partition coefficient (Wildman–Crippen LogP) is 7.22. The summed E-state index contributed by atoms with van der Waals surface area (Å²) in [6, 6.07) is 15.9.